The van der Waals surface area contributed by atoms with Crippen LogP contribution in [0.25, 0.3) is 0 Å². The van der Waals surface area contributed by atoms with E-state index >= 15 is 0 Å². The summed E-state index contributed by atoms with van der Waals surface area (Å²) in [5, 5.41) is 3.01. The van der Waals surface area contributed by atoms with Crippen molar-refractivity contribution in [2.45, 2.75) is 32.7 Å². The maximum Gasteiger partial charge on any atom is 0.232 e. The normalized spacial score (nSPS) is 13.7. The fraction of sp³-hybridized carbons (Fsp3) is 0.444. The highest BCUT2D eigenvalue weighted by Crippen LogP contribution is 2.36. The molecule has 24 heavy (non-hydrogen) atoms. The SMILES string of the molecule is Cc1nc(CN(C)C(=O)C(C)(C)c2ccc3c(c2)OCCO3)cs1. The first kappa shape index (κ1) is 16.8. The smallest absolute Gasteiger partial charge is 0.232 e. The Labute approximate surface area is 146 Å². The van der Waals surface area contributed by atoms with Crippen LogP contribution in [0.15, 0.2) is 23.6 Å². The van der Waals surface area contributed by atoms with E-state index in [4.69, 9.17) is 9.47 Å². The molecule has 6 heteroatoms. The zero-order valence-electron chi connectivity index (χ0n) is 14.5. The zero-order chi connectivity index (χ0) is 17.3. The van der Waals surface area contributed by atoms with E-state index in [9.17, 15) is 4.79 Å². The van der Waals surface area contributed by atoms with Crippen molar-refractivity contribution in [3.63, 3.8) is 0 Å². The van der Waals surface area contributed by atoms with E-state index in [0.29, 0.717) is 25.5 Å². The summed E-state index contributed by atoms with van der Waals surface area (Å²) in [4.78, 5) is 19.1. The van der Waals surface area contributed by atoms with Crippen LogP contribution in [0.4, 0.5) is 0 Å². The molecule has 2 heterocycles. The number of hydrogen-bond donors (Lipinski definition) is 0. The number of amides is 1. The van der Waals surface area contributed by atoms with Gasteiger partial charge in [0.2, 0.25) is 5.91 Å². The van der Waals surface area contributed by atoms with Crippen LogP contribution >= 0.6 is 11.3 Å². The molecule has 0 radical (unpaired) electrons. The predicted octanol–water partition coefficient (Wildman–Crippen LogP) is 3.16. The third-order valence-electron chi connectivity index (χ3n) is 4.21. The Morgan fingerprint density at radius 1 is 1.29 bits per heavy atom. The number of thiazole rings is 1. The Bertz CT molecular complexity index is 754. The van der Waals surface area contributed by atoms with Crippen molar-refractivity contribution in [1.82, 2.24) is 9.88 Å². The van der Waals surface area contributed by atoms with Crippen LogP contribution in [-0.2, 0) is 16.8 Å². The maximum atomic E-state index is 13.0. The van der Waals surface area contributed by atoms with Gasteiger partial charge in [0.1, 0.15) is 13.2 Å². The van der Waals surface area contributed by atoms with Crippen LogP contribution in [-0.4, -0.2) is 36.1 Å². The van der Waals surface area contributed by atoms with Gasteiger partial charge in [0, 0.05) is 12.4 Å². The number of likely N-dealkylation sites (N-methyl/N-ethyl adjacent to an activating group) is 1. The number of benzene rings is 1. The summed E-state index contributed by atoms with van der Waals surface area (Å²) >= 11 is 1.60. The third kappa shape index (κ3) is 3.24. The lowest BCUT2D eigenvalue weighted by molar-refractivity contribution is -0.135. The molecule has 0 aliphatic carbocycles. The molecule has 1 aromatic heterocycles. The van der Waals surface area contributed by atoms with Crippen LogP contribution in [0, 0.1) is 6.92 Å². The molecule has 128 valence electrons. The van der Waals surface area contributed by atoms with Crippen LogP contribution in [0.1, 0.15) is 30.1 Å². The lowest BCUT2D eigenvalue weighted by Crippen LogP contribution is -2.41. The Morgan fingerprint density at radius 2 is 2.00 bits per heavy atom. The Morgan fingerprint density at radius 3 is 2.67 bits per heavy atom. The molecule has 1 aliphatic rings. The second-order valence-corrected chi connectivity index (χ2v) is 7.56. The topological polar surface area (TPSA) is 51.7 Å². The van der Waals surface area contributed by atoms with E-state index in [0.717, 1.165) is 22.0 Å². The molecular formula is C18H22N2O3S. The van der Waals surface area contributed by atoms with Gasteiger partial charge in [-0.3, -0.25) is 4.79 Å². The first-order valence-corrected chi connectivity index (χ1v) is 8.82. The first-order valence-electron chi connectivity index (χ1n) is 7.94. The fourth-order valence-corrected chi connectivity index (χ4v) is 3.43. The summed E-state index contributed by atoms with van der Waals surface area (Å²) in [6.07, 6.45) is 0. The minimum absolute atomic E-state index is 0.0461. The largest absolute Gasteiger partial charge is 0.486 e. The lowest BCUT2D eigenvalue weighted by atomic mass is 9.83. The number of nitrogens with zero attached hydrogens (tertiary/aromatic N) is 2. The first-order chi connectivity index (χ1) is 11.4. The summed E-state index contributed by atoms with van der Waals surface area (Å²) in [6.45, 7) is 7.44. The molecule has 0 saturated carbocycles. The molecule has 5 nitrogen and oxygen atoms in total. The molecule has 0 atom stereocenters. The number of rotatable bonds is 4. The summed E-state index contributed by atoms with van der Waals surface area (Å²) in [5.41, 5.74) is 1.18. The number of aromatic nitrogens is 1. The van der Waals surface area contributed by atoms with Gasteiger partial charge in [0.05, 0.1) is 22.7 Å². The zero-order valence-corrected chi connectivity index (χ0v) is 15.3. The minimum atomic E-state index is -0.657. The maximum absolute atomic E-state index is 13.0. The lowest BCUT2D eigenvalue weighted by Gasteiger charge is -2.30. The molecule has 0 bridgehead atoms. The second-order valence-electron chi connectivity index (χ2n) is 6.50. The standard InChI is InChI=1S/C18H22N2O3S/c1-12-19-14(11-24-12)10-20(4)17(21)18(2,3)13-5-6-15-16(9-13)23-8-7-22-15/h5-6,9,11H,7-8,10H2,1-4H3. The molecule has 1 aliphatic heterocycles. The van der Waals surface area contributed by atoms with E-state index < -0.39 is 5.41 Å². The highest BCUT2D eigenvalue weighted by molar-refractivity contribution is 7.09. The van der Waals surface area contributed by atoms with Gasteiger partial charge in [-0.1, -0.05) is 6.07 Å². The van der Waals surface area contributed by atoms with Crippen LogP contribution < -0.4 is 9.47 Å². The highest BCUT2D eigenvalue weighted by Gasteiger charge is 2.33. The summed E-state index contributed by atoms with van der Waals surface area (Å²) in [7, 11) is 1.82. The molecule has 1 aromatic carbocycles. The monoisotopic (exact) mass is 346 g/mol. The van der Waals surface area contributed by atoms with Gasteiger partial charge in [-0.15, -0.1) is 11.3 Å². The number of aryl methyl sites for hydroxylation is 1. The number of hydrogen-bond acceptors (Lipinski definition) is 5. The van der Waals surface area contributed by atoms with Crippen LogP contribution in [0.5, 0.6) is 11.5 Å². The van der Waals surface area contributed by atoms with Gasteiger partial charge in [-0.2, -0.15) is 0 Å². The Hall–Kier alpha value is -2.08. The van der Waals surface area contributed by atoms with E-state index in [-0.39, 0.29) is 5.91 Å². The van der Waals surface area contributed by atoms with Crippen LogP contribution in [0.3, 0.4) is 0 Å². The average Bonchev–Trinajstić information content (AvgIpc) is 2.98. The quantitative estimate of drug-likeness (QED) is 0.853. The molecular weight excluding hydrogens is 324 g/mol. The molecule has 3 rings (SSSR count). The number of carbonyl (C=O) groups is 1. The van der Waals surface area contributed by atoms with Crippen molar-refractivity contribution in [1.29, 1.82) is 0 Å². The van der Waals surface area contributed by atoms with Gasteiger partial charge in [0.25, 0.3) is 0 Å². The molecule has 0 N–H and O–H groups in total. The second kappa shape index (κ2) is 6.43. The molecule has 0 spiro atoms. The summed E-state index contributed by atoms with van der Waals surface area (Å²) in [6, 6.07) is 5.72. The third-order valence-corrected chi connectivity index (χ3v) is 5.03. The van der Waals surface area contributed by atoms with Crippen LogP contribution in [0.2, 0.25) is 0 Å². The molecule has 0 saturated heterocycles. The molecule has 0 fully saturated rings. The van der Waals surface area contributed by atoms with E-state index in [1.807, 2.05) is 51.4 Å². The summed E-state index contributed by atoms with van der Waals surface area (Å²) in [5.74, 6) is 1.49. The number of fused-ring (bicyclic) bond motifs is 1. The van der Waals surface area contributed by atoms with Crippen molar-refractivity contribution >= 4 is 17.2 Å². The van der Waals surface area contributed by atoms with E-state index in [2.05, 4.69) is 4.98 Å². The van der Waals surface area contributed by atoms with Crippen molar-refractivity contribution in [2.24, 2.45) is 0 Å². The fourth-order valence-electron chi connectivity index (χ4n) is 2.83. The Kier molecular flexibility index (Phi) is 4.49. The van der Waals surface area contributed by atoms with Gasteiger partial charge < -0.3 is 14.4 Å². The minimum Gasteiger partial charge on any atom is -0.486 e. The van der Waals surface area contributed by atoms with Gasteiger partial charge in [-0.05, 0) is 38.5 Å². The van der Waals surface area contributed by atoms with Gasteiger partial charge in [-0.25, -0.2) is 4.98 Å². The van der Waals surface area contributed by atoms with Crippen molar-refractivity contribution in [3.8, 4) is 11.5 Å². The van der Waals surface area contributed by atoms with E-state index in [1.165, 1.54) is 0 Å². The number of ether oxygens (including phenoxy) is 2. The van der Waals surface area contributed by atoms with Gasteiger partial charge >= 0.3 is 0 Å². The average molecular weight is 346 g/mol. The van der Waals surface area contributed by atoms with Gasteiger partial charge in [0.15, 0.2) is 11.5 Å². The molecule has 0 unspecified atom stereocenters. The Balaban J connectivity index is 1.79. The summed E-state index contributed by atoms with van der Waals surface area (Å²) < 4.78 is 11.2. The van der Waals surface area contributed by atoms with E-state index in [1.54, 1.807) is 16.2 Å². The van der Waals surface area contributed by atoms with Crippen molar-refractivity contribution in [3.05, 3.63) is 39.8 Å². The molecule has 2 aromatic rings. The predicted molar refractivity (Wildman–Crippen MR) is 93.8 cm³/mol. The number of carbonyl (C=O) groups excluding carboxylic acids is 1. The van der Waals surface area contributed by atoms with Crippen molar-refractivity contribution in [2.75, 3.05) is 20.3 Å². The van der Waals surface area contributed by atoms with Crippen molar-refractivity contribution < 1.29 is 14.3 Å². The highest BCUT2D eigenvalue weighted by atomic mass is 32.1. The molecule has 1 amide bonds.